The zero-order chi connectivity index (χ0) is 17.4. The molecule has 4 N–H and O–H groups in total. The first-order valence-corrected chi connectivity index (χ1v) is 7.98. The van der Waals surface area contributed by atoms with Crippen LogP contribution in [0, 0.1) is 0 Å². The van der Waals surface area contributed by atoms with Crippen LogP contribution in [-0.2, 0) is 24.3 Å². The molecular weight excluding hydrogens is 318 g/mol. The number of carbonyl (C=O) groups excluding carboxylic acids is 2. The number of benzene rings is 2. The normalized spacial score (nSPS) is 13.0. The van der Waals surface area contributed by atoms with Crippen LogP contribution in [0.25, 0.3) is 10.8 Å². The Balaban J connectivity index is 1.47. The molecule has 1 aromatic heterocycles. The number of nitrogens with zero attached hydrogens (tertiary/aromatic N) is 2. The maximum absolute atomic E-state index is 12.4. The summed E-state index contributed by atoms with van der Waals surface area (Å²) in [6, 6.07) is 13.5. The molecule has 7 heteroatoms. The second-order valence-electron chi connectivity index (χ2n) is 6.13. The molecule has 7 nitrogen and oxygen atoms in total. The van der Waals surface area contributed by atoms with Crippen molar-refractivity contribution in [2.45, 2.75) is 19.5 Å². The lowest BCUT2D eigenvalue weighted by Gasteiger charge is -2.11. The molecule has 1 aliphatic rings. The number of nitrogens with two attached hydrogens (primary N) is 1. The molecule has 0 bridgehead atoms. The fraction of sp³-hybridized carbons (Fsp3) is 0.167. The van der Waals surface area contributed by atoms with Gasteiger partial charge in [-0.05, 0) is 16.3 Å². The van der Waals surface area contributed by atoms with E-state index in [4.69, 9.17) is 5.73 Å². The van der Waals surface area contributed by atoms with E-state index in [0.29, 0.717) is 18.9 Å². The molecule has 0 unspecified atom stereocenters. The number of anilines is 1. The molecule has 2 heterocycles. The quantitative estimate of drug-likeness (QED) is 0.683. The third-order valence-electron chi connectivity index (χ3n) is 4.40. The smallest absolute Gasteiger partial charge is 0.315 e. The van der Waals surface area contributed by atoms with Crippen molar-refractivity contribution in [1.29, 1.82) is 0 Å². The zero-order valence-corrected chi connectivity index (χ0v) is 13.5. The molecule has 0 radical (unpaired) electrons. The summed E-state index contributed by atoms with van der Waals surface area (Å²) >= 11 is 0. The van der Waals surface area contributed by atoms with Crippen molar-refractivity contribution >= 4 is 28.5 Å². The number of aromatic amines is 1. The number of nitrogens with one attached hydrogen (secondary N) is 2. The lowest BCUT2D eigenvalue weighted by molar-refractivity contribution is -0.115. The fourth-order valence-corrected chi connectivity index (χ4v) is 3.11. The summed E-state index contributed by atoms with van der Waals surface area (Å²) < 4.78 is 0. The Morgan fingerprint density at radius 3 is 2.76 bits per heavy atom. The molecule has 0 saturated carbocycles. The average molecular weight is 335 g/mol. The molecule has 1 aliphatic heterocycles. The molecule has 25 heavy (non-hydrogen) atoms. The topological polar surface area (TPSA) is 104 Å². The van der Waals surface area contributed by atoms with Crippen LogP contribution in [0.15, 0.2) is 42.5 Å². The van der Waals surface area contributed by atoms with Crippen LogP contribution in [-0.4, -0.2) is 27.0 Å². The standard InChI is InChI=1S/C18H17N5O2/c19-18(25)23-9-14-15(10-23)21-22-17(14)20-16(24)8-11-5-6-12-3-1-2-4-13(12)7-11/h1-7H,8-10H2,(H2,19,25)(H2,20,21,22,24). The minimum Gasteiger partial charge on any atom is -0.351 e. The number of carbonyl (C=O) groups is 2. The van der Waals surface area contributed by atoms with E-state index < -0.39 is 6.03 Å². The first-order chi connectivity index (χ1) is 12.1. The third kappa shape index (κ3) is 2.91. The van der Waals surface area contributed by atoms with Gasteiger partial charge in [0.05, 0.1) is 25.2 Å². The van der Waals surface area contributed by atoms with Gasteiger partial charge in [0, 0.05) is 5.56 Å². The average Bonchev–Trinajstić information content (AvgIpc) is 3.17. The van der Waals surface area contributed by atoms with Gasteiger partial charge >= 0.3 is 6.03 Å². The number of hydrogen-bond acceptors (Lipinski definition) is 3. The largest absolute Gasteiger partial charge is 0.351 e. The van der Waals surface area contributed by atoms with Crippen molar-refractivity contribution in [3.05, 3.63) is 59.3 Å². The molecule has 0 atom stereocenters. The van der Waals surface area contributed by atoms with Crippen molar-refractivity contribution in [1.82, 2.24) is 15.1 Å². The van der Waals surface area contributed by atoms with E-state index in [9.17, 15) is 9.59 Å². The second-order valence-corrected chi connectivity index (χ2v) is 6.13. The number of amides is 3. The molecule has 3 amide bonds. The van der Waals surface area contributed by atoms with Crippen molar-refractivity contribution < 1.29 is 9.59 Å². The zero-order valence-electron chi connectivity index (χ0n) is 13.5. The summed E-state index contributed by atoms with van der Waals surface area (Å²) in [4.78, 5) is 25.1. The summed E-state index contributed by atoms with van der Waals surface area (Å²) in [7, 11) is 0. The summed E-state index contributed by atoms with van der Waals surface area (Å²) in [6.07, 6.45) is 0.256. The van der Waals surface area contributed by atoms with E-state index in [0.717, 1.165) is 27.6 Å². The maximum atomic E-state index is 12.4. The third-order valence-corrected chi connectivity index (χ3v) is 4.40. The van der Waals surface area contributed by atoms with E-state index in [1.54, 1.807) is 0 Å². The molecule has 126 valence electrons. The lowest BCUT2D eigenvalue weighted by Crippen LogP contribution is -2.31. The summed E-state index contributed by atoms with van der Waals surface area (Å²) in [5.41, 5.74) is 7.85. The Labute approximate surface area is 143 Å². The fourth-order valence-electron chi connectivity index (χ4n) is 3.11. The molecule has 0 fully saturated rings. The summed E-state index contributed by atoms with van der Waals surface area (Å²) in [5.74, 6) is 0.312. The minimum absolute atomic E-state index is 0.151. The second kappa shape index (κ2) is 5.94. The Kier molecular flexibility index (Phi) is 3.61. The first-order valence-electron chi connectivity index (χ1n) is 7.98. The van der Waals surface area contributed by atoms with Gasteiger partial charge in [-0.25, -0.2) is 4.79 Å². The highest BCUT2D eigenvalue weighted by molar-refractivity contribution is 5.93. The Hall–Kier alpha value is -3.35. The van der Waals surface area contributed by atoms with Gasteiger partial charge in [-0.15, -0.1) is 0 Å². The summed E-state index contributed by atoms with van der Waals surface area (Å²) in [5, 5.41) is 12.0. The van der Waals surface area contributed by atoms with Crippen LogP contribution < -0.4 is 11.1 Å². The molecular formula is C18H17N5O2. The summed E-state index contributed by atoms with van der Waals surface area (Å²) in [6.45, 7) is 0.741. The predicted octanol–water partition coefficient (Wildman–Crippen LogP) is 2.14. The highest BCUT2D eigenvalue weighted by Crippen LogP contribution is 2.27. The van der Waals surface area contributed by atoms with Crippen LogP contribution in [0.3, 0.4) is 0 Å². The van der Waals surface area contributed by atoms with Gasteiger partial charge in [-0.3, -0.25) is 9.89 Å². The molecule has 0 saturated heterocycles. The molecule has 0 aliphatic carbocycles. The van der Waals surface area contributed by atoms with Gasteiger partial charge in [0.25, 0.3) is 0 Å². The van der Waals surface area contributed by atoms with Crippen molar-refractivity contribution in [3.8, 4) is 0 Å². The van der Waals surface area contributed by atoms with Crippen molar-refractivity contribution in [3.63, 3.8) is 0 Å². The number of fused-ring (bicyclic) bond motifs is 2. The van der Waals surface area contributed by atoms with Crippen molar-refractivity contribution in [2.24, 2.45) is 5.73 Å². The SMILES string of the molecule is NC(=O)N1Cc2[nH]nc(NC(=O)Cc3ccc4ccccc4c3)c2C1. The van der Waals surface area contributed by atoms with Gasteiger partial charge in [0.2, 0.25) is 5.91 Å². The molecule has 4 rings (SSSR count). The van der Waals surface area contributed by atoms with E-state index in [1.807, 2.05) is 42.5 Å². The number of primary amides is 1. The van der Waals surface area contributed by atoms with Crippen LogP contribution >= 0.6 is 0 Å². The van der Waals surface area contributed by atoms with Crippen LogP contribution in [0.5, 0.6) is 0 Å². The number of H-pyrrole nitrogens is 1. The van der Waals surface area contributed by atoms with Crippen LogP contribution in [0.2, 0.25) is 0 Å². The van der Waals surface area contributed by atoms with Gasteiger partial charge in [-0.2, -0.15) is 5.10 Å². The van der Waals surface area contributed by atoms with Gasteiger partial charge < -0.3 is 16.0 Å². The highest BCUT2D eigenvalue weighted by atomic mass is 16.2. The van der Waals surface area contributed by atoms with Gasteiger partial charge in [-0.1, -0.05) is 42.5 Å². The Morgan fingerprint density at radius 2 is 1.96 bits per heavy atom. The Morgan fingerprint density at radius 1 is 1.16 bits per heavy atom. The lowest BCUT2D eigenvalue weighted by atomic mass is 10.0. The highest BCUT2D eigenvalue weighted by Gasteiger charge is 2.27. The minimum atomic E-state index is -0.488. The number of rotatable bonds is 3. The van der Waals surface area contributed by atoms with Gasteiger partial charge in [0.1, 0.15) is 0 Å². The van der Waals surface area contributed by atoms with Crippen LogP contribution in [0.1, 0.15) is 16.8 Å². The number of urea groups is 1. The van der Waals surface area contributed by atoms with E-state index in [1.165, 1.54) is 4.90 Å². The molecule has 3 aromatic rings. The molecule has 2 aromatic carbocycles. The number of hydrogen-bond donors (Lipinski definition) is 3. The van der Waals surface area contributed by atoms with E-state index >= 15 is 0 Å². The first kappa shape index (κ1) is 15.2. The maximum Gasteiger partial charge on any atom is 0.315 e. The van der Waals surface area contributed by atoms with E-state index in [2.05, 4.69) is 15.5 Å². The van der Waals surface area contributed by atoms with Crippen LogP contribution in [0.4, 0.5) is 10.6 Å². The number of aromatic nitrogens is 2. The predicted molar refractivity (Wildman–Crippen MR) is 93.7 cm³/mol. The van der Waals surface area contributed by atoms with Gasteiger partial charge in [0.15, 0.2) is 5.82 Å². The Bertz CT molecular complexity index is 979. The van der Waals surface area contributed by atoms with Crippen molar-refractivity contribution in [2.75, 3.05) is 5.32 Å². The van der Waals surface area contributed by atoms with E-state index in [-0.39, 0.29) is 12.3 Å². The monoisotopic (exact) mass is 335 g/mol. The molecule has 0 spiro atoms.